The normalized spacial score (nSPS) is 10.6. The zero-order chi connectivity index (χ0) is 11.5. The van der Waals surface area contributed by atoms with Gasteiger partial charge in [-0.15, -0.1) is 5.10 Å². The van der Waals surface area contributed by atoms with Crippen LogP contribution in [0.2, 0.25) is 10.2 Å². The van der Waals surface area contributed by atoms with Crippen LogP contribution in [0.4, 0.5) is 5.95 Å². The summed E-state index contributed by atoms with van der Waals surface area (Å²) in [5.74, 6) is 0.823. The fraction of sp³-hybridized carbons (Fsp3) is 0.125. The van der Waals surface area contributed by atoms with Gasteiger partial charge in [-0.2, -0.15) is 4.98 Å². The fourth-order valence-electron chi connectivity index (χ4n) is 1.01. The van der Waals surface area contributed by atoms with Crippen LogP contribution >= 0.6 is 35.0 Å². The Morgan fingerprint density at radius 1 is 1.31 bits per heavy atom. The highest BCUT2D eigenvalue weighted by Gasteiger charge is 2.06. The molecule has 0 fully saturated rings. The van der Waals surface area contributed by atoms with Crippen LogP contribution in [-0.2, 0) is 5.75 Å². The van der Waals surface area contributed by atoms with E-state index in [1.165, 1.54) is 11.8 Å². The van der Waals surface area contributed by atoms with Crippen LogP contribution in [-0.4, -0.2) is 20.2 Å². The van der Waals surface area contributed by atoms with Gasteiger partial charge < -0.3 is 5.73 Å². The van der Waals surface area contributed by atoms with Crippen molar-refractivity contribution in [1.82, 2.24) is 20.2 Å². The summed E-state index contributed by atoms with van der Waals surface area (Å²) in [6.45, 7) is 0. The van der Waals surface area contributed by atoms with E-state index in [1.54, 1.807) is 12.1 Å². The predicted octanol–water partition coefficient (Wildman–Crippen LogP) is 2.38. The molecule has 0 amide bonds. The number of nitrogens with one attached hydrogen (secondary N) is 1. The van der Waals surface area contributed by atoms with Crippen LogP contribution in [0.25, 0.3) is 0 Å². The number of rotatable bonds is 3. The Labute approximate surface area is 106 Å². The van der Waals surface area contributed by atoms with Gasteiger partial charge in [-0.1, -0.05) is 35.0 Å². The number of anilines is 1. The van der Waals surface area contributed by atoms with Crippen molar-refractivity contribution >= 4 is 40.9 Å². The Balaban J connectivity index is 2.07. The third-order valence-electron chi connectivity index (χ3n) is 1.70. The lowest BCUT2D eigenvalue weighted by Gasteiger charge is -2.01. The fourth-order valence-corrected chi connectivity index (χ4v) is 2.19. The van der Waals surface area contributed by atoms with Crippen molar-refractivity contribution < 1.29 is 0 Å². The SMILES string of the molecule is Nc1nc(SCc2nc(Cl)ccc2Cl)n[nH]1. The lowest BCUT2D eigenvalue weighted by atomic mass is 10.4. The zero-order valence-corrected chi connectivity index (χ0v) is 10.3. The van der Waals surface area contributed by atoms with Gasteiger partial charge in [0.25, 0.3) is 0 Å². The molecule has 0 aliphatic heterocycles. The Hall–Kier alpha value is -0.980. The predicted molar refractivity (Wildman–Crippen MR) is 64.6 cm³/mol. The van der Waals surface area contributed by atoms with E-state index in [9.17, 15) is 0 Å². The molecule has 8 heteroatoms. The number of nitrogen functional groups attached to an aromatic ring is 1. The van der Waals surface area contributed by atoms with Crippen molar-refractivity contribution in [1.29, 1.82) is 0 Å². The third kappa shape index (κ3) is 2.78. The van der Waals surface area contributed by atoms with E-state index < -0.39 is 0 Å². The van der Waals surface area contributed by atoms with Crippen LogP contribution in [0.1, 0.15) is 5.69 Å². The topological polar surface area (TPSA) is 80.5 Å². The molecule has 0 aliphatic rings. The second kappa shape index (κ2) is 4.90. The molecule has 3 N–H and O–H groups in total. The number of hydrogen-bond acceptors (Lipinski definition) is 5. The highest BCUT2D eigenvalue weighted by atomic mass is 35.5. The number of hydrogen-bond donors (Lipinski definition) is 2. The number of H-pyrrole nitrogens is 1. The van der Waals surface area contributed by atoms with Gasteiger partial charge in [-0.25, -0.2) is 10.1 Å². The largest absolute Gasteiger partial charge is 0.368 e. The van der Waals surface area contributed by atoms with Crippen molar-refractivity contribution in [3.63, 3.8) is 0 Å². The Kier molecular flexibility index (Phi) is 3.52. The van der Waals surface area contributed by atoms with Gasteiger partial charge in [0.1, 0.15) is 5.15 Å². The summed E-state index contributed by atoms with van der Waals surface area (Å²) in [6.07, 6.45) is 0. The second-order valence-corrected chi connectivity index (χ2v) is 4.59. The molecule has 2 aromatic heterocycles. The quantitative estimate of drug-likeness (QED) is 0.664. The average Bonchev–Trinajstić information content (AvgIpc) is 2.66. The monoisotopic (exact) mass is 275 g/mol. The van der Waals surface area contributed by atoms with E-state index in [2.05, 4.69) is 20.2 Å². The Morgan fingerprint density at radius 3 is 2.81 bits per heavy atom. The maximum absolute atomic E-state index is 5.96. The van der Waals surface area contributed by atoms with E-state index >= 15 is 0 Å². The molecule has 0 aliphatic carbocycles. The molecule has 2 heterocycles. The van der Waals surface area contributed by atoms with Crippen LogP contribution in [0.3, 0.4) is 0 Å². The summed E-state index contributed by atoms with van der Waals surface area (Å²) in [4.78, 5) is 8.06. The minimum atomic E-state index is 0.285. The molecular formula is C8H7Cl2N5S. The van der Waals surface area contributed by atoms with Gasteiger partial charge in [0, 0.05) is 5.75 Å². The first kappa shape index (κ1) is 11.5. The summed E-state index contributed by atoms with van der Waals surface area (Å²) in [5.41, 5.74) is 6.09. The highest BCUT2D eigenvalue weighted by Crippen LogP contribution is 2.24. The molecule has 0 spiro atoms. The molecular weight excluding hydrogens is 269 g/mol. The maximum Gasteiger partial charge on any atom is 0.216 e. The van der Waals surface area contributed by atoms with Crippen molar-refractivity contribution in [3.05, 3.63) is 28.0 Å². The lowest BCUT2D eigenvalue weighted by Crippen LogP contribution is -1.89. The summed E-state index contributed by atoms with van der Waals surface area (Å²) < 4.78 is 0. The summed E-state index contributed by atoms with van der Waals surface area (Å²) >= 11 is 13.1. The number of nitrogens with zero attached hydrogens (tertiary/aromatic N) is 3. The Morgan fingerprint density at radius 2 is 2.12 bits per heavy atom. The van der Waals surface area contributed by atoms with Crippen molar-refractivity contribution in [2.75, 3.05) is 5.73 Å². The smallest absolute Gasteiger partial charge is 0.216 e. The van der Waals surface area contributed by atoms with E-state index in [0.29, 0.717) is 26.8 Å². The second-order valence-electron chi connectivity index (χ2n) is 2.85. The molecule has 84 valence electrons. The van der Waals surface area contributed by atoms with Crippen LogP contribution in [0, 0.1) is 0 Å². The van der Waals surface area contributed by atoms with E-state index in [1.807, 2.05) is 0 Å². The number of halogens is 2. The van der Waals surface area contributed by atoms with E-state index in [4.69, 9.17) is 28.9 Å². The number of thioether (sulfide) groups is 1. The molecule has 2 aromatic rings. The molecule has 0 atom stereocenters. The molecule has 16 heavy (non-hydrogen) atoms. The van der Waals surface area contributed by atoms with E-state index in [0.717, 1.165) is 0 Å². The third-order valence-corrected chi connectivity index (χ3v) is 3.12. The van der Waals surface area contributed by atoms with Crippen molar-refractivity contribution in [2.24, 2.45) is 0 Å². The number of aromatic nitrogens is 4. The highest BCUT2D eigenvalue weighted by molar-refractivity contribution is 7.98. The van der Waals surface area contributed by atoms with Crippen molar-refractivity contribution in [3.8, 4) is 0 Å². The first-order chi connectivity index (χ1) is 7.65. The maximum atomic E-state index is 5.96. The van der Waals surface area contributed by atoms with Crippen LogP contribution in [0.15, 0.2) is 17.3 Å². The summed E-state index contributed by atoms with van der Waals surface area (Å²) in [5, 5.41) is 7.96. The number of aromatic amines is 1. The van der Waals surface area contributed by atoms with Gasteiger partial charge in [-0.05, 0) is 12.1 Å². The van der Waals surface area contributed by atoms with Crippen LogP contribution in [0.5, 0.6) is 0 Å². The molecule has 0 bridgehead atoms. The number of pyridine rings is 1. The molecule has 0 unspecified atom stereocenters. The molecule has 0 aromatic carbocycles. The molecule has 0 saturated heterocycles. The summed E-state index contributed by atoms with van der Waals surface area (Å²) in [7, 11) is 0. The minimum Gasteiger partial charge on any atom is -0.368 e. The number of nitrogens with two attached hydrogens (primary N) is 1. The molecule has 2 rings (SSSR count). The molecule has 0 radical (unpaired) electrons. The Bertz CT molecular complexity index is 501. The van der Waals surface area contributed by atoms with Crippen molar-refractivity contribution in [2.45, 2.75) is 10.9 Å². The van der Waals surface area contributed by atoms with Crippen LogP contribution < -0.4 is 5.73 Å². The van der Waals surface area contributed by atoms with Gasteiger partial charge in [0.2, 0.25) is 11.1 Å². The zero-order valence-electron chi connectivity index (χ0n) is 7.94. The first-order valence-corrected chi connectivity index (χ1v) is 6.01. The lowest BCUT2D eigenvalue weighted by molar-refractivity contribution is 0.971. The van der Waals surface area contributed by atoms with Gasteiger partial charge in [-0.3, -0.25) is 0 Å². The minimum absolute atomic E-state index is 0.285. The van der Waals surface area contributed by atoms with Gasteiger partial charge >= 0.3 is 0 Å². The average molecular weight is 276 g/mol. The standard InChI is InChI=1S/C8H7Cl2N5S/c9-4-1-2-6(10)12-5(4)3-16-8-13-7(11)14-15-8/h1-2H,3H2,(H3,11,13,14,15). The van der Waals surface area contributed by atoms with Gasteiger partial charge in [0.05, 0.1) is 10.7 Å². The van der Waals surface area contributed by atoms with E-state index in [-0.39, 0.29) is 5.95 Å². The van der Waals surface area contributed by atoms with Gasteiger partial charge in [0.15, 0.2) is 0 Å². The summed E-state index contributed by atoms with van der Waals surface area (Å²) in [6, 6.07) is 3.35. The molecule has 0 saturated carbocycles. The first-order valence-electron chi connectivity index (χ1n) is 4.27. The molecule has 5 nitrogen and oxygen atoms in total.